The SMILES string of the molecule is Cc1cnc2c(c1SCCC1OCCO1)c(=O)n(C)c(=O)n2C. The van der Waals surface area contributed by atoms with E-state index in [1.807, 2.05) is 6.92 Å². The topological polar surface area (TPSA) is 75.3 Å². The fraction of sp³-hybridized carbons (Fsp3) is 0.533. The summed E-state index contributed by atoms with van der Waals surface area (Å²) in [6, 6.07) is 0. The van der Waals surface area contributed by atoms with Crippen LogP contribution in [0.3, 0.4) is 0 Å². The molecular formula is C15H19N3O4S. The van der Waals surface area contributed by atoms with Gasteiger partial charge in [0.25, 0.3) is 5.56 Å². The summed E-state index contributed by atoms with van der Waals surface area (Å²) in [5, 5.41) is 0.493. The number of hydrogen-bond acceptors (Lipinski definition) is 6. The third-order valence-electron chi connectivity index (χ3n) is 3.89. The van der Waals surface area contributed by atoms with Crippen molar-refractivity contribution in [3.8, 4) is 0 Å². The van der Waals surface area contributed by atoms with Crippen molar-refractivity contribution >= 4 is 22.8 Å². The highest BCUT2D eigenvalue weighted by atomic mass is 32.2. The summed E-state index contributed by atoms with van der Waals surface area (Å²) in [4.78, 5) is 29.7. The van der Waals surface area contributed by atoms with Gasteiger partial charge >= 0.3 is 5.69 Å². The molecule has 8 heteroatoms. The normalized spacial score (nSPS) is 15.6. The van der Waals surface area contributed by atoms with Crippen LogP contribution in [0.2, 0.25) is 0 Å². The molecule has 7 nitrogen and oxygen atoms in total. The smallest absolute Gasteiger partial charge is 0.332 e. The summed E-state index contributed by atoms with van der Waals surface area (Å²) >= 11 is 1.57. The largest absolute Gasteiger partial charge is 0.350 e. The zero-order valence-corrected chi connectivity index (χ0v) is 14.2. The van der Waals surface area contributed by atoms with E-state index < -0.39 is 0 Å². The van der Waals surface area contributed by atoms with E-state index in [0.29, 0.717) is 24.2 Å². The Morgan fingerprint density at radius 1 is 1.26 bits per heavy atom. The number of fused-ring (bicyclic) bond motifs is 1. The van der Waals surface area contributed by atoms with E-state index >= 15 is 0 Å². The quantitative estimate of drug-likeness (QED) is 0.768. The summed E-state index contributed by atoms with van der Waals surface area (Å²) in [5.74, 6) is 0.761. The average Bonchev–Trinajstić information content (AvgIpc) is 3.05. The Morgan fingerprint density at radius 2 is 1.96 bits per heavy atom. The number of aromatic nitrogens is 3. The molecule has 0 aliphatic carbocycles. The van der Waals surface area contributed by atoms with E-state index in [0.717, 1.165) is 27.2 Å². The Labute approximate surface area is 137 Å². The van der Waals surface area contributed by atoms with Crippen molar-refractivity contribution in [1.82, 2.24) is 14.1 Å². The molecule has 0 amide bonds. The van der Waals surface area contributed by atoms with Gasteiger partial charge in [-0.25, -0.2) is 9.78 Å². The zero-order chi connectivity index (χ0) is 16.6. The molecule has 2 aromatic rings. The molecule has 2 aromatic heterocycles. The first kappa shape index (κ1) is 16.2. The second kappa shape index (κ2) is 6.46. The molecule has 3 rings (SSSR count). The van der Waals surface area contributed by atoms with E-state index in [2.05, 4.69) is 4.98 Å². The van der Waals surface area contributed by atoms with Crippen LogP contribution in [0.15, 0.2) is 20.7 Å². The molecule has 1 aliphatic heterocycles. The average molecular weight is 337 g/mol. The second-order valence-corrected chi connectivity index (χ2v) is 6.59. The molecule has 124 valence electrons. The Kier molecular flexibility index (Phi) is 4.56. The molecular weight excluding hydrogens is 318 g/mol. The summed E-state index contributed by atoms with van der Waals surface area (Å²) in [6.45, 7) is 3.19. The standard InChI is InChI=1S/C15H19N3O4S/c1-9-8-16-13-11(14(19)18(3)15(20)17(13)2)12(9)23-7-4-10-21-5-6-22-10/h8,10H,4-7H2,1-3H3. The van der Waals surface area contributed by atoms with E-state index in [1.165, 1.54) is 11.6 Å². The van der Waals surface area contributed by atoms with Crippen molar-refractivity contribution in [2.45, 2.75) is 24.5 Å². The lowest BCUT2D eigenvalue weighted by Crippen LogP contribution is -2.37. The predicted octanol–water partition coefficient (Wildman–Crippen LogP) is 0.796. The summed E-state index contributed by atoms with van der Waals surface area (Å²) in [5.41, 5.74) is 0.656. The third-order valence-corrected chi connectivity index (χ3v) is 5.14. The van der Waals surface area contributed by atoms with Gasteiger partial charge in [-0.1, -0.05) is 0 Å². The van der Waals surface area contributed by atoms with Crippen LogP contribution in [0.1, 0.15) is 12.0 Å². The van der Waals surface area contributed by atoms with Gasteiger partial charge in [-0.15, -0.1) is 11.8 Å². The van der Waals surface area contributed by atoms with Gasteiger partial charge in [0.1, 0.15) is 5.65 Å². The van der Waals surface area contributed by atoms with Crippen LogP contribution < -0.4 is 11.2 Å². The van der Waals surface area contributed by atoms with Crippen LogP contribution >= 0.6 is 11.8 Å². The minimum absolute atomic E-state index is 0.164. The highest BCUT2D eigenvalue weighted by molar-refractivity contribution is 7.99. The first-order valence-corrected chi connectivity index (χ1v) is 8.40. The maximum atomic E-state index is 12.5. The molecule has 0 atom stereocenters. The van der Waals surface area contributed by atoms with E-state index in [4.69, 9.17) is 9.47 Å². The van der Waals surface area contributed by atoms with Crippen LogP contribution in [0, 0.1) is 6.92 Å². The summed E-state index contributed by atoms with van der Waals surface area (Å²) in [6.07, 6.45) is 2.29. The molecule has 0 radical (unpaired) electrons. The Hall–Kier alpha value is -1.64. The highest BCUT2D eigenvalue weighted by Gasteiger charge is 2.18. The first-order chi connectivity index (χ1) is 11.0. The molecule has 0 unspecified atom stereocenters. The molecule has 0 aromatic carbocycles. The van der Waals surface area contributed by atoms with Crippen LogP contribution in [0.25, 0.3) is 11.0 Å². The number of pyridine rings is 1. The van der Waals surface area contributed by atoms with Gasteiger partial charge in [0, 0.05) is 37.4 Å². The van der Waals surface area contributed by atoms with Crippen LogP contribution in [0.4, 0.5) is 0 Å². The molecule has 1 saturated heterocycles. The second-order valence-electron chi connectivity index (χ2n) is 5.48. The number of aryl methyl sites for hydroxylation is 2. The van der Waals surface area contributed by atoms with Crippen molar-refractivity contribution in [3.63, 3.8) is 0 Å². The van der Waals surface area contributed by atoms with Gasteiger partial charge in [0.2, 0.25) is 0 Å². The molecule has 1 fully saturated rings. The maximum Gasteiger partial charge on any atom is 0.332 e. The van der Waals surface area contributed by atoms with E-state index in [9.17, 15) is 9.59 Å². The molecule has 1 aliphatic rings. The van der Waals surface area contributed by atoms with Gasteiger partial charge in [0.05, 0.1) is 18.6 Å². The molecule has 3 heterocycles. The zero-order valence-electron chi connectivity index (χ0n) is 13.4. The number of rotatable bonds is 4. The minimum Gasteiger partial charge on any atom is -0.350 e. The van der Waals surface area contributed by atoms with E-state index in [1.54, 1.807) is 25.0 Å². The van der Waals surface area contributed by atoms with Crippen LogP contribution in [0.5, 0.6) is 0 Å². The molecule has 0 N–H and O–H groups in total. The van der Waals surface area contributed by atoms with Crippen molar-refractivity contribution in [2.75, 3.05) is 19.0 Å². The Morgan fingerprint density at radius 3 is 2.65 bits per heavy atom. The summed E-state index contributed by atoms with van der Waals surface area (Å²) < 4.78 is 13.4. The van der Waals surface area contributed by atoms with E-state index in [-0.39, 0.29) is 17.5 Å². The van der Waals surface area contributed by atoms with Crippen molar-refractivity contribution in [1.29, 1.82) is 0 Å². The first-order valence-electron chi connectivity index (χ1n) is 7.42. The molecule has 0 saturated carbocycles. The monoisotopic (exact) mass is 337 g/mol. The maximum absolute atomic E-state index is 12.5. The third kappa shape index (κ3) is 2.93. The number of nitrogens with zero attached hydrogens (tertiary/aromatic N) is 3. The van der Waals surface area contributed by atoms with Gasteiger partial charge in [-0.3, -0.25) is 13.9 Å². The Bertz CT molecular complexity index is 852. The number of hydrogen-bond donors (Lipinski definition) is 0. The lowest BCUT2D eigenvalue weighted by molar-refractivity contribution is -0.0421. The predicted molar refractivity (Wildman–Crippen MR) is 88.0 cm³/mol. The van der Waals surface area contributed by atoms with Crippen molar-refractivity contribution in [2.24, 2.45) is 14.1 Å². The fourth-order valence-electron chi connectivity index (χ4n) is 2.61. The summed E-state index contributed by atoms with van der Waals surface area (Å²) in [7, 11) is 3.11. The van der Waals surface area contributed by atoms with Crippen LogP contribution in [-0.4, -0.2) is 39.4 Å². The molecule has 23 heavy (non-hydrogen) atoms. The van der Waals surface area contributed by atoms with Gasteiger partial charge in [-0.2, -0.15) is 0 Å². The minimum atomic E-state index is -0.373. The van der Waals surface area contributed by atoms with Crippen molar-refractivity contribution in [3.05, 3.63) is 32.6 Å². The van der Waals surface area contributed by atoms with Crippen LogP contribution in [-0.2, 0) is 23.6 Å². The molecule has 0 spiro atoms. The van der Waals surface area contributed by atoms with Crippen molar-refractivity contribution < 1.29 is 9.47 Å². The Balaban J connectivity index is 2.00. The number of ether oxygens (including phenoxy) is 2. The van der Waals surface area contributed by atoms with Gasteiger partial charge < -0.3 is 9.47 Å². The highest BCUT2D eigenvalue weighted by Crippen LogP contribution is 2.28. The molecule has 0 bridgehead atoms. The lowest BCUT2D eigenvalue weighted by atomic mass is 10.2. The fourth-order valence-corrected chi connectivity index (χ4v) is 3.73. The number of thioether (sulfide) groups is 1. The van der Waals surface area contributed by atoms with Gasteiger partial charge in [-0.05, 0) is 12.5 Å². The lowest BCUT2D eigenvalue weighted by Gasteiger charge is -2.13. The van der Waals surface area contributed by atoms with Gasteiger partial charge in [0.15, 0.2) is 6.29 Å².